The molecule has 0 aromatic rings. The smallest absolute Gasteiger partial charge is 0.362 e. The lowest BCUT2D eigenvalue weighted by Crippen LogP contribution is -2.17. The van der Waals surface area contributed by atoms with E-state index in [1.54, 1.807) is 27.7 Å². The summed E-state index contributed by atoms with van der Waals surface area (Å²) in [7, 11) is 0. The molecule has 0 heterocycles. The van der Waals surface area contributed by atoms with E-state index in [2.05, 4.69) is 15.0 Å². The number of amides is 1. The van der Waals surface area contributed by atoms with E-state index in [1.165, 1.54) is 6.92 Å². The van der Waals surface area contributed by atoms with Crippen molar-refractivity contribution in [1.29, 1.82) is 0 Å². The fourth-order valence-electron chi connectivity index (χ4n) is 0.706. The minimum absolute atomic E-state index is 0.151. The van der Waals surface area contributed by atoms with Gasteiger partial charge >= 0.3 is 5.97 Å². The predicted molar refractivity (Wildman–Crippen MR) is 61.3 cm³/mol. The highest BCUT2D eigenvalue weighted by Gasteiger charge is 2.22. The number of aliphatic hydroxyl groups is 1. The SMILES string of the molecule is CCOC(=O)/C(N=NC(=O)C(C)(C)C)=C(/C)O. The summed E-state index contributed by atoms with van der Waals surface area (Å²) >= 11 is 0. The van der Waals surface area contributed by atoms with E-state index in [0.29, 0.717) is 0 Å². The van der Waals surface area contributed by atoms with Crippen molar-refractivity contribution >= 4 is 11.9 Å². The van der Waals surface area contributed by atoms with Gasteiger partial charge in [-0.05, 0) is 13.8 Å². The molecule has 6 nitrogen and oxygen atoms in total. The molecule has 6 heteroatoms. The van der Waals surface area contributed by atoms with Crippen LogP contribution in [0.5, 0.6) is 0 Å². The minimum Gasteiger partial charge on any atom is -0.510 e. The maximum atomic E-state index is 11.5. The van der Waals surface area contributed by atoms with E-state index in [9.17, 15) is 14.7 Å². The van der Waals surface area contributed by atoms with Crippen LogP contribution in [0.2, 0.25) is 0 Å². The lowest BCUT2D eigenvalue weighted by molar-refractivity contribution is -0.138. The van der Waals surface area contributed by atoms with Crippen LogP contribution < -0.4 is 0 Å². The highest BCUT2D eigenvalue weighted by molar-refractivity contribution is 5.89. The summed E-state index contributed by atoms with van der Waals surface area (Å²) in [6.07, 6.45) is 0. The first-order chi connectivity index (χ1) is 7.70. The summed E-state index contributed by atoms with van der Waals surface area (Å²) in [5, 5.41) is 16.1. The monoisotopic (exact) mass is 242 g/mol. The number of nitrogens with zero attached hydrogens (tertiary/aromatic N) is 2. The van der Waals surface area contributed by atoms with Crippen molar-refractivity contribution in [2.75, 3.05) is 6.61 Å². The molecule has 96 valence electrons. The first kappa shape index (κ1) is 15.3. The number of carbonyl (C=O) groups is 2. The Morgan fingerprint density at radius 1 is 1.24 bits per heavy atom. The molecular weight excluding hydrogens is 224 g/mol. The molecule has 0 radical (unpaired) electrons. The number of allylic oxidation sites excluding steroid dienone is 1. The molecule has 0 aromatic carbocycles. The highest BCUT2D eigenvalue weighted by atomic mass is 16.5. The number of carbonyl (C=O) groups excluding carboxylic acids is 2. The van der Waals surface area contributed by atoms with E-state index in [4.69, 9.17) is 0 Å². The second-order valence-electron chi connectivity index (χ2n) is 4.41. The number of esters is 1. The molecule has 0 saturated heterocycles. The highest BCUT2D eigenvalue weighted by Crippen LogP contribution is 2.16. The molecule has 0 rings (SSSR count). The number of hydrogen-bond donors (Lipinski definition) is 1. The molecule has 1 amide bonds. The van der Waals surface area contributed by atoms with Gasteiger partial charge in [-0.1, -0.05) is 20.8 Å². The number of ether oxygens (including phenoxy) is 1. The maximum Gasteiger partial charge on any atom is 0.362 e. The Balaban J connectivity index is 4.94. The topological polar surface area (TPSA) is 88.3 Å². The van der Waals surface area contributed by atoms with Gasteiger partial charge in [0.2, 0.25) is 5.70 Å². The van der Waals surface area contributed by atoms with Gasteiger partial charge in [-0.15, -0.1) is 10.2 Å². The molecule has 0 fully saturated rings. The van der Waals surface area contributed by atoms with Crippen LogP contribution in [0.1, 0.15) is 34.6 Å². The molecule has 0 atom stereocenters. The van der Waals surface area contributed by atoms with Crippen molar-refractivity contribution in [3.8, 4) is 0 Å². The number of rotatable bonds is 3. The van der Waals surface area contributed by atoms with Crippen molar-refractivity contribution in [2.24, 2.45) is 15.6 Å². The van der Waals surface area contributed by atoms with Crippen LogP contribution in [0.3, 0.4) is 0 Å². The normalized spacial score (nSPS) is 13.5. The third-order valence-corrected chi connectivity index (χ3v) is 1.69. The van der Waals surface area contributed by atoms with E-state index >= 15 is 0 Å². The molecule has 0 spiro atoms. The van der Waals surface area contributed by atoms with Crippen LogP contribution in [0.25, 0.3) is 0 Å². The molecule has 0 aliphatic heterocycles. The third kappa shape index (κ3) is 5.24. The zero-order chi connectivity index (χ0) is 13.6. The minimum atomic E-state index is -0.807. The fourth-order valence-corrected chi connectivity index (χ4v) is 0.706. The van der Waals surface area contributed by atoms with Crippen LogP contribution in [-0.2, 0) is 14.3 Å². The zero-order valence-corrected chi connectivity index (χ0v) is 10.8. The van der Waals surface area contributed by atoms with Gasteiger partial charge < -0.3 is 9.84 Å². The van der Waals surface area contributed by atoms with Gasteiger partial charge in [0.05, 0.1) is 6.61 Å². The number of azo groups is 1. The lowest BCUT2D eigenvalue weighted by Gasteiger charge is -2.11. The summed E-state index contributed by atoms with van der Waals surface area (Å²) in [6.45, 7) is 8.07. The van der Waals surface area contributed by atoms with Crippen LogP contribution in [0, 0.1) is 5.41 Å². The van der Waals surface area contributed by atoms with Gasteiger partial charge in [-0.25, -0.2) is 4.79 Å². The Bertz CT molecular complexity index is 360. The summed E-state index contributed by atoms with van der Waals surface area (Å²) < 4.78 is 4.66. The van der Waals surface area contributed by atoms with Gasteiger partial charge in [0.25, 0.3) is 5.91 Å². The quantitative estimate of drug-likeness (QED) is 0.356. The fraction of sp³-hybridized carbons (Fsp3) is 0.636. The molecule has 0 aliphatic carbocycles. The second-order valence-corrected chi connectivity index (χ2v) is 4.41. The number of hydrogen-bond acceptors (Lipinski definition) is 5. The van der Waals surface area contributed by atoms with Crippen molar-refractivity contribution in [3.05, 3.63) is 11.5 Å². The maximum absolute atomic E-state index is 11.5. The Labute approximate surface area is 100 Å². The standard InChI is InChI=1S/C11H18N2O4/c1-6-17-9(15)8(7(2)14)12-13-10(16)11(3,4)5/h14H,6H2,1-5H3/b8-7+,13-12?. The van der Waals surface area contributed by atoms with Crippen molar-refractivity contribution in [1.82, 2.24) is 0 Å². The molecule has 1 N–H and O–H groups in total. The average molecular weight is 242 g/mol. The zero-order valence-electron chi connectivity index (χ0n) is 10.8. The Morgan fingerprint density at radius 3 is 2.12 bits per heavy atom. The van der Waals surface area contributed by atoms with Crippen molar-refractivity contribution in [2.45, 2.75) is 34.6 Å². The van der Waals surface area contributed by atoms with Crippen LogP contribution >= 0.6 is 0 Å². The van der Waals surface area contributed by atoms with Crippen LogP contribution in [0.15, 0.2) is 21.7 Å². The van der Waals surface area contributed by atoms with Crippen LogP contribution in [-0.4, -0.2) is 23.6 Å². The molecular formula is C11H18N2O4. The Kier molecular flexibility index (Phi) is 5.50. The van der Waals surface area contributed by atoms with E-state index in [0.717, 1.165) is 0 Å². The molecule has 0 aliphatic rings. The first-order valence-corrected chi connectivity index (χ1v) is 5.23. The largest absolute Gasteiger partial charge is 0.510 e. The first-order valence-electron chi connectivity index (χ1n) is 5.23. The number of aliphatic hydroxyl groups excluding tert-OH is 1. The van der Waals surface area contributed by atoms with E-state index in [-0.39, 0.29) is 18.1 Å². The van der Waals surface area contributed by atoms with Gasteiger partial charge in [-0.3, -0.25) is 4.79 Å². The molecule has 0 unspecified atom stereocenters. The second kappa shape index (κ2) is 6.12. The van der Waals surface area contributed by atoms with Gasteiger partial charge in [0.1, 0.15) is 5.76 Å². The van der Waals surface area contributed by atoms with Crippen LogP contribution in [0.4, 0.5) is 0 Å². The molecule has 0 saturated carbocycles. The summed E-state index contributed by atoms with van der Waals surface area (Å²) in [4.78, 5) is 22.8. The molecule has 0 aromatic heterocycles. The lowest BCUT2D eigenvalue weighted by atomic mass is 9.96. The summed E-state index contributed by atoms with van der Waals surface area (Å²) in [5.74, 6) is -1.63. The van der Waals surface area contributed by atoms with Gasteiger partial charge in [0, 0.05) is 5.41 Å². The van der Waals surface area contributed by atoms with Gasteiger partial charge in [0.15, 0.2) is 0 Å². The van der Waals surface area contributed by atoms with E-state index < -0.39 is 17.3 Å². The molecule has 0 bridgehead atoms. The summed E-state index contributed by atoms with van der Waals surface area (Å²) in [6, 6.07) is 0. The van der Waals surface area contributed by atoms with Crippen molar-refractivity contribution < 1.29 is 19.4 Å². The Morgan fingerprint density at radius 2 is 1.76 bits per heavy atom. The van der Waals surface area contributed by atoms with Crippen molar-refractivity contribution in [3.63, 3.8) is 0 Å². The van der Waals surface area contributed by atoms with E-state index in [1.807, 2.05) is 0 Å². The average Bonchev–Trinajstić information content (AvgIpc) is 2.16. The Hall–Kier alpha value is -1.72. The summed E-state index contributed by atoms with van der Waals surface area (Å²) in [5.41, 5.74) is -1.04. The van der Waals surface area contributed by atoms with Gasteiger partial charge in [-0.2, -0.15) is 0 Å². The predicted octanol–water partition coefficient (Wildman–Crippen LogP) is 2.36. The molecule has 17 heavy (non-hydrogen) atoms. The third-order valence-electron chi connectivity index (χ3n) is 1.69.